The minimum Gasteiger partial charge on any atom is -0.494 e. The number of halogens is 3. The van der Waals surface area contributed by atoms with Gasteiger partial charge in [0.1, 0.15) is 5.75 Å². The van der Waals surface area contributed by atoms with E-state index in [9.17, 15) is 18.0 Å². The van der Waals surface area contributed by atoms with E-state index in [0.717, 1.165) is 18.5 Å². The highest BCUT2D eigenvalue weighted by molar-refractivity contribution is 6.02. The number of ketones is 1. The number of pyridine rings is 1. The van der Waals surface area contributed by atoms with Gasteiger partial charge in [-0.2, -0.15) is 13.2 Å². The van der Waals surface area contributed by atoms with Crippen molar-refractivity contribution >= 4 is 5.78 Å². The molecule has 1 aromatic heterocycles. The summed E-state index contributed by atoms with van der Waals surface area (Å²) in [6.45, 7) is 0. The first-order valence-corrected chi connectivity index (χ1v) is 3.56. The van der Waals surface area contributed by atoms with Gasteiger partial charge < -0.3 is 4.74 Å². The first-order chi connectivity index (χ1) is 6.46. The maximum absolute atomic E-state index is 12.0. The highest BCUT2D eigenvalue weighted by Crippen LogP contribution is 2.26. The molecule has 1 rings (SSSR count). The van der Waals surface area contributed by atoms with Crippen LogP contribution in [0.4, 0.5) is 13.2 Å². The minimum atomic E-state index is -4.89. The summed E-state index contributed by atoms with van der Waals surface area (Å²) in [5.74, 6) is -2.12. The van der Waals surface area contributed by atoms with Crippen LogP contribution in [0.25, 0.3) is 0 Å². The lowest BCUT2D eigenvalue weighted by molar-refractivity contribution is -0.0886. The van der Waals surface area contributed by atoms with Crippen molar-refractivity contribution in [1.29, 1.82) is 0 Å². The number of rotatable bonds is 2. The summed E-state index contributed by atoms with van der Waals surface area (Å²) in [6.07, 6.45) is -2.74. The Balaban J connectivity index is 3.13. The maximum atomic E-state index is 12.0. The van der Waals surface area contributed by atoms with E-state index >= 15 is 0 Å². The molecular formula is C8H6F3NO2. The van der Waals surface area contributed by atoms with Crippen LogP contribution in [0.2, 0.25) is 0 Å². The van der Waals surface area contributed by atoms with Crippen molar-refractivity contribution < 1.29 is 22.7 Å². The zero-order valence-electron chi connectivity index (χ0n) is 7.13. The van der Waals surface area contributed by atoms with Crippen LogP contribution < -0.4 is 4.74 Å². The normalized spacial score (nSPS) is 11.1. The molecule has 0 unspecified atom stereocenters. The summed E-state index contributed by atoms with van der Waals surface area (Å²) in [5, 5.41) is 0. The van der Waals surface area contributed by atoms with Gasteiger partial charge in [-0.1, -0.05) is 0 Å². The number of nitrogens with zero attached hydrogens (tertiary/aromatic N) is 1. The van der Waals surface area contributed by atoms with Gasteiger partial charge in [0.15, 0.2) is 0 Å². The molecule has 3 nitrogen and oxygen atoms in total. The van der Waals surface area contributed by atoms with Gasteiger partial charge in [0.05, 0.1) is 18.9 Å². The maximum Gasteiger partial charge on any atom is 0.455 e. The summed E-state index contributed by atoms with van der Waals surface area (Å²) < 4.78 is 40.7. The van der Waals surface area contributed by atoms with E-state index in [1.165, 1.54) is 7.11 Å². The van der Waals surface area contributed by atoms with Crippen molar-refractivity contribution in [2.24, 2.45) is 0 Å². The largest absolute Gasteiger partial charge is 0.494 e. The molecule has 76 valence electrons. The van der Waals surface area contributed by atoms with E-state index in [0.29, 0.717) is 0 Å². The number of alkyl halides is 3. The molecule has 1 aromatic rings. The molecule has 0 aliphatic heterocycles. The molecule has 0 radical (unpaired) electrons. The highest BCUT2D eigenvalue weighted by atomic mass is 19.4. The smallest absolute Gasteiger partial charge is 0.455 e. The lowest BCUT2D eigenvalue weighted by Gasteiger charge is -2.08. The molecule has 6 heteroatoms. The fraction of sp³-hybridized carbons (Fsp3) is 0.250. The minimum absolute atomic E-state index is 0.185. The fourth-order valence-corrected chi connectivity index (χ4v) is 0.883. The van der Waals surface area contributed by atoms with Crippen molar-refractivity contribution in [2.45, 2.75) is 6.18 Å². The van der Waals surface area contributed by atoms with Gasteiger partial charge in [-0.25, -0.2) is 0 Å². The van der Waals surface area contributed by atoms with E-state index < -0.39 is 17.5 Å². The Kier molecular flexibility index (Phi) is 2.73. The molecule has 0 saturated heterocycles. The first-order valence-electron chi connectivity index (χ1n) is 3.56. The predicted molar refractivity (Wildman–Crippen MR) is 41.2 cm³/mol. The lowest BCUT2D eigenvalue weighted by atomic mass is 10.1. The molecule has 0 atom stereocenters. The summed E-state index contributed by atoms with van der Waals surface area (Å²) in [7, 11) is 1.17. The number of hydrogen-bond acceptors (Lipinski definition) is 3. The molecule has 0 fully saturated rings. The van der Waals surface area contributed by atoms with Gasteiger partial charge in [0, 0.05) is 6.20 Å². The van der Waals surface area contributed by atoms with E-state index in [4.69, 9.17) is 0 Å². The van der Waals surface area contributed by atoms with Gasteiger partial charge in [-0.3, -0.25) is 9.78 Å². The van der Waals surface area contributed by atoms with E-state index in [-0.39, 0.29) is 5.75 Å². The fourth-order valence-electron chi connectivity index (χ4n) is 0.883. The van der Waals surface area contributed by atoms with Gasteiger partial charge in [0.25, 0.3) is 5.78 Å². The average Bonchev–Trinajstić information content (AvgIpc) is 2.15. The van der Waals surface area contributed by atoms with Gasteiger partial charge in [-0.05, 0) is 6.07 Å². The number of carbonyl (C=O) groups excluding carboxylic acids is 1. The molecule has 0 aromatic carbocycles. The number of Topliss-reactive ketones (excluding diaryl/α,β-unsaturated/α-hetero) is 1. The van der Waals surface area contributed by atoms with E-state index in [2.05, 4.69) is 9.72 Å². The van der Waals surface area contributed by atoms with Crippen LogP contribution in [0.15, 0.2) is 18.5 Å². The van der Waals surface area contributed by atoms with Gasteiger partial charge >= 0.3 is 6.18 Å². The molecule has 1 heterocycles. The first kappa shape index (κ1) is 10.5. The third-order valence-electron chi connectivity index (χ3n) is 1.51. The van der Waals surface area contributed by atoms with Gasteiger partial charge in [0.2, 0.25) is 0 Å². The summed E-state index contributed by atoms with van der Waals surface area (Å²) >= 11 is 0. The number of aromatic nitrogens is 1. The van der Waals surface area contributed by atoms with Crippen LogP contribution >= 0.6 is 0 Å². The third kappa shape index (κ3) is 2.01. The monoisotopic (exact) mass is 205 g/mol. The molecule has 0 spiro atoms. The van der Waals surface area contributed by atoms with Gasteiger partial charge in [-0.15, -0.1) is 0 Å². The summed E-state index contributed by atoms with van der Waals surface area (Å²) in [6, 6.07) is 0.967. The Morgan fingerprint density at radius 3 is 2.64 bits per heavy atom. The number of methoxy groups -OCH3 is 1. The average molecular weight is 205 g/mol. The molecule has 14 heavy (non-hydrogen) atoms. The van der Waals surface area contributed by atoms with Crippen LogP contribution in [0.3, 0.4) is 0 Å². The zero-order valence-corrected chi connectivity index (χ0v) is 7.13. The number of hydrogen-bond donors (Lipinski definition) is 0. The Labute approximate surface area is 77.5 Å². The van der Waals surface area contributed by atoms with E-state index in [1.807, 2.05) is 0 Å². The van der Waals surface area contributed by atoms with Crippen molar-refractivity contribution in [1.82, 2.24) is 4.98 Å². The number of ether oxygens (including phenoxy) is 1. The second-order valence-electron chi connectivity index (χ2n) is 2.40. The summed E-state index contributed by atoms with van der Waals surface area (Å²) in [4.78, 5) is 14.3. The van der Waals surface area contributed by atoms with Crippen molar-refractivity contribution in [3.05, 3.63) is 24.0 Å². The van der Waals surface area contributed by atoms with E-state index in [1.54, 1.807) is 0 Å². The Bertz CT molecular complexity index is 349. The van der Waals surface area contributed by atoms with Crippen LogP contribution in [0.1, 0.15) is 10.4 Å². The molecular weight excluding hydrogens is 199 g/mol. The quantitative estimate of drug-likeness (QED) is 0.691. The Morgan fingerprint density at radius 1 is 1.50 bits per heavy atom. The van der Waals surface area contributed by atoms with Crippen LogP contribution in [-0.4, -0.2) is 24.1 Å². The molecule has 0 saturated carbocycles. The molecule has 0 aliphatic rings. The SMILES string of the molecule is COc1cnccc1C(=O)C(F)(F)F. The highest BCUT2D eigenvalue weighted by Gasteiger charge is 2.40. The topological polar surface area (TPSA) is 39.2 Å². The Hall–Kier alpha value is -1.59. The molecule has 0 N–H and O–H groups in total. The van der Waals surface area contributed by atoms with Crippen molar-refractivity contribution in [2.75, 3.05) is 7.11 Å². The standard InChI is InChI=1S/C8H6F3NO2/c1-14-6-4-12-3-2-5(6)7(13)8(9,10)11/h2-4H,1H3. The van der Waals surface area contributed by atoms with Crippen LogP contribution in [-0.2, 0) is 0 Å². The van der Waals surface area contributed by atoms with Crippen LogP contribution in [0, 0.1) is 0 Å². The zero-order chi connectivity index (χ0) is 10.8. The van der Waals surface area contributed by atoms with Crippen molar-refractivity contribution in [3.63, 3.8) is 0 Å². The molecule has 0 amide bonds. The second-order valence-corrected chi connectivity index (χ2v) is 2.40. The second kappa shape index (κ2) is 3.65. The Morgan fingerprint density at radius 2 is 2.14 bits per heavy atom. The van der Waals surface area contributed by atoms with Crippen molar-refractivity contribution in [3.8, 4) is 5.75 Å². The summed E-state index contributed by atoms with van der Waals surface area (Å²) in [5.41, 5.74) is -0.532. The number of carbonyl (C=O) groups is 1. The van der Waals surface area contributed by atoms with Crippen LogP contribution in [0.5, 0.6) is 5.75 Å². The molecule has 0 bridgehead atoms. The third-order valence-corrected chi connectivity index (χ3v) is 1.51. The molecule has 0 aliphatic carbocycles. The lowest BCUT2D eigenvalue weighted by Crippen LogP contribution is -2.23. The predicted octanol–water partition coefficient (Wildman–Crippen LogP) is 1.84.